The van der Waals surface area contributed by atoms with E-state index in [0.717, 1.165) is 16.4 Å². The van der Waals surface area contributed by atoms with E-state index in [2.05, 4.69) is 4.99 Å². The molecule has 2 aliphatic rings. The average Bonchev–Trinajstić information content (AvgIpc) is 3.10. The van der Waals surface area contributed by atoms with Crippen LogP contribution in [0.2, 0.25) is 0 Å². The van der Waals surface area contributed by atoms with Gasteiger partial charge in [-0.3, -0.25) is 19.9 Å². The van der Waals surface area contributed by atoms with E-state index < -0.39 is 4.92 Å². The quantitative estimate of drug-likeness (QED) is 0.468. The standard InChI is InChI=1S/C15H15N3O4S/c1-2-22-14(19)7-12-9-23-15-16-13(8-17(12)15)10-4-3-5-11(6-10)18(20)21/h3-6,9,13H,2,7-8H2,1H3. The van der Waals surface area contributed by atoms with Gasteiger partial charge in [0.1, 0.15) is 0 Å². The van der Waals surface area contributed by atoms with Crippen molar-refractivity contribution in [3.05, 3.63) is 51.0 Å². The topological polar surface area (TPSA) is 85.0 Å². The molecule has 0 radical (unpaired) electrons. The minimum Gasteiger partial charge on any atom is -0.466 e. The molecule has 0 amide bonds. The summed E-state index contributed by atoms with van der Waals surface area (Å²) < 4.78 is 4.98. The third-order valence-corrected chi connectivity index (χ3v) is 4.52. The van der Waals surface area contributed by atoms with Crippen molar-refractivity contribution >= 4 is 28.6 Å². The molecule has 1 aromatic carbocycles. The van der Waals surface area contributed by atoms with E-state index in [4.69, 9.17) is 4.74 Å². The van der Waals surface area contributed by atoms with Crippen LogP contribution in [0.5, 0.6) is 0 Å². The summed E-state index contributed by atoms with van der Waals surface area (Å²) in [5.41, 5.74) is 1.72. The number of nitro benzene ring substituents is 1. The molecular formula is C15H15N3O4S. The van der Waals surface area contributed by atoms with Crippen LogP contribution in [0.25, 0.3) is 0 Å². The number of esters is 1. The predicted octanol–water partition coefficient (Wildman–Crippen LogP) is 2.85. The summed E-state index contributed by atoms with van der Waals surface area (Å²) in [5, 5.41) is 13.6. The monoisotopic (exact) mass is 333 g/mol. The summed E-state index contributed by atoms with van der Waals surface area (Å²) in [6.07, 6.45) is 0.210. The summed E-state index contributed by atoms with van der Waals surface area (Å²) >= 11 is 1.46. The molecule has 120 valence electrons. The second kappa shape index (κ2) is 6.41. The Morgan fingerprint density at radius 3 is 3.13 bits per heavy atom. The SMILES string of the molecule is CCOC(=O)CC1=CSC2=NC(c3cccc([N+](=O)[O-])c3)CN12. The molecular weight excluding hydrogens is 318 g/mol. The first-order chi connectivity index (χ1) is 11.1. The zero-order valence-electron chi connectivity index (χ0n) is 12.5. The number of ether oxygens (including phenoxy) is 1. The van der Waals surface area contributed by atoms with Crippen molar-refractivity contribution in [1.29, 1.82) is 0 Å². The van der Waals surface area contributed by atoms with Gasteiger partial charge in [0.2, 0.25) is 0 Å². The van der Waals surface area contributed by atoms with Crippen LogP contribution in [0.15, 0.2) is 40.4 Å². The van der Waals surface area contributed by atoms with Crippen molar-refractivity contribution in [2.24, 2.45) is 4.99 Å². The molecule has 1 unspecified atom stereocenters. The van der Waals surface area contributed by atoms with Gasteiger partial charge in [0.15, 0.2) is 5.17 Å². The first-order valence-corrected chi connectivity index (χ1v) is 8.07. The van der Waals surface area contributed by atoms with Crippen LogP contribution in [0, 0.1) is 10.1 Å². The van der Waals surface area contributed by atoms with Crippen molar-refractivity contribution in [1.82, 2.24) is 4.90 Å². The molecule has 0 saturated heterocycles. The maximum Gasteiger partial charge on any atom is 0.311 e. The van der Waals surface area contributed by atoms with E-state index >= 15 is 0 Å². The van der Waals surface area contributed by atoms with E-state index in [1.54, 1.807) is 19.1 Å². The Morgan fingerprint density at radius 1 is 1.57 bits per heavy atom. The van der Waals surface area contributed by atoms with Gasteiger partial charge in [-0.2, -0.15) is 0 Å². The van der Waals surface area contributed by atoms with Crippen molar-refractivity contribution in [2.45, 2.75) is 19.4 Å². The lowest BCUT2D eigenvalue weighted by Crippen LogP contribution is -2.23. The highest BCUT2D eigenvalue weighted by atomic mass is 32.2. The second-order valence-corrected chi connectivity index (χ2v) is 5.94. The molecule has 2 aliphatic heterocycles. The normalized spacial score (nSPS) is 19.2. The second-order valence-electron chi connectivity index (χ2n) is 5.10. The first-order valence-electron chi connectivity index (χ1n) is 7.19. The molecule has 0 N–H and O–H groups in total. The van der Waals surface area contributed by atoms with Crippen LogP contribution in [-0.2, 0) is 9.53 Å². The average molecular weight is 333 g/mol. The van der Waals surface area contributed by atoms with Crippen LogP contribution in [0.1, 0.15) is 24.9 Å². The van der Waals surface area contributed by atoms with Crippen LogP contribution in [0.4, 0.5) is 5.69 Å². The zero-order chi connectivity index (χ0) is 16.4. The lowest BCUT2D eigenvalue weighted by molar-refractivity contribution is -0.384. The fraction of sp³-hybridized carbons (Fsp3) is 0.333. The molecule has 3 rings (SSSR count). The number of amidine groups is 1. The van der Waals surface area contributed by atoms with Crippen LogP contribution in [-0.4, -0.2) is 34.1 Å². The molecule has 0 spiro atoms. The molecule has 7 nitrogen and oxygen atoms in total. The van der Waals surface area contributed by atoms with Gasteiger partial charge in [0.05, 0.1) is 30.5 Å². The van der Waals surface area contributed by atoms with Crippen molar-refractivity contribution in [2.75, 3.05) is 13.2 Å². The summed E-state index contributed by atoms with van der Waals surface area (Å²) in [5.74, 6) is -0.264. The summed E-state index contributed by atoms with van der Waals surface area (Å²) in [6.45, 7) is 2.71. The fourth-order valence-electron chi connectivity index (χ4n) is 2.54. The van der Waals surface area contributed by atoms with E-state index in [-0.39, 0.29) is 24.1 Å². The lowest BCUT2D eigenvalue weighted by atomic mass is 10.1. The smallest absolute Gasteiger partial charge is 0.311 e. The maximum absolute atomic E-state index is 11.6. The number of fused-ring (bicyclic) bond motifs is 1. The van der Waals surface area contributed by atoms with Gasteiger partial charge in [-0.05, 0) is 17.9 Å². The number of aliphatic imine (C=N–C) groups is 1. The van der Waals surface area contributed by atoms with Gasteiger partial charge >= 0.3 is 5.97 Å². The summed E-state index contributed by atoms with van der Waals surface area (Å²) in [7, 11) is 0. The predicted molar refractivity (Wildman–Crippen MR) is 86.9 cm³/mol. The number of hydrogen-bond acceptors (Lipinski definition) is 7. The Bertz CT molecular complexity index is 716. The van der Waals surface area contributed by atoms with Crippen LogP contribution in [0.3, 0.4) is 0 Å². The molecule has 0 aliphatic carbocycles. The minimum atomic E-state index is -0.409. The Morgan fingerprint density at radius 2 is 2.39 bits per heavy atom. The Balaban J connectivity index is 1.72. The first kappa shape index (κ1) is 15.5. The Kier molecular flexibility index (Phi) is 4.33. The maximum atomic E-state index is 11.6. The third kappa shape index (κ3) is 3.21. The zero-order valence-corrected chi connectivity index (χ0v) is 13.3. The van der Waals surface area contributed by atoms with E-state index in [1.807, 2.05) is 16.4 Å². The third-order valence-electron chi connectivity index (χ3n) is 3.60. The number of nitrogens with zero attached hydrogens (tertiary/aromatic N) is 3. The van der Waals surface area contributed by atoms with E-state index in [0.29, 0.717) is 13.2 Å². The van der Waals surface area contributed by atoms with Crippen molar-refractivity contribution < 1.29 is 14.5 Å². The number of thioether (sulfide) groups is 1. The van der Waals surface area contributed by atoms with Gasteiger partial charge in [0.25, 0.3) is 5.69 Å². The molecule has 0 fully saturated rings. The summed E-state index contributed by atoms with van der Waals surface area (Å²) in [4.78, 5) is 28.7. The molecule has 1 atom stereocenters. The van der Waals surface area contributed by atoms with Gasteiger partial charge in [0, 0.05) is 17.8 Å². The number of carbonyl (C=O) groups is 1. The number of nitro groups is 1. The highest BCUT2D eigenvalue weighted by molar-refractivity contribution is 8.16. The number of carbonyl (C=O) groups excluding carboxylic acids is 1. The number of rotatable bonds is 5. The molecule has 23 heavy (non-hydrogen) atoms. The van der Waals surface area contributed by atoms with Crippen molar-refractivity contribution in [3.63, 3.8) is 0 Å². The number of benzene rings is 1. The minimum absolute atomic E-state index is 0.0599. The molecule has 2 heterocycles. The molecule has 0 bridgehead atoms. The van der Waals surface area contributed by atoms with Gasteiger partial charge < -0.3 is 9.64 Å². The Hall–Kier alpha value is -2.35. The van der Waals surface area contributed by atoms with E-state index in [9.17, 15) is 14.9 Å². The molecule has 1 aromatic rings. The number of hydrogen-bond donors (Lipinski definition) is 0. The lowest BCUT2D eigenvalue weighted by Gasteiger charge is -2.17. The highest BCUT2D eigenvalue weighted by Crippen LogP contribution is 2.38. The van der Waals surface area contributed by atoms with Gasteiger partial charge in [-0.15, -0.1) is 0 Å². The van der Waals surface area contributed by atoms with E-state index in [1.165, 1.54) is 17.8 Å². The van der Waals surface area contributed by atoms with Crippen LogP contribution >= 0.6 is 11.8 Å². The number of non-ortho nitro benzene ring substituents is 1. The summed E-state index contributed by atoms with van der Waals surface area (Å²) in [6, 6.07) is 6.36. The largest absolute Gasteiger partial charge is 0.466 e. The highest BCUT2D eigenvalue weighted by Gasteiger charge is 2.33. The molecule has 0 saturated carbocycles. The Labute approximate surface area is 137 Å². The van der Waals surface area contributed by atoms with Crippen molar-refractivity contribution in [3.8, 4) is 0 Å². The molecule has 8 heteroatoms. The fourth-order valence-corrected chi connectivity index (χ4v) is 3.50. The van der Waals surface area contributed by atoms with Gasteiger partial charge in [-0.25, -0.2) is 0 Å². The van der Waals surface area contributed by atoms with Crippen LogP contribution < -0.4 is 0 Å². The van der Waals surface area contributed by atoms with Gasteiger partial charge in [-0.1, -0.05) is 23.9 Å². The molecule has 0 aromatic heterocycles.